The van der Waals surface area contributed by atoms with Crippen LogP contribution in [0.15, 0.2) is 35.3 Å². The molecule has 0 spiro atoms. The van der Waals surface area contributed by atoms with Gasteiger partial charge in [0, 0.05) is 46.9 Å². The van der Waals surface area contributed by atoms with Crippen LogP contribution in [0.4, 0.5) is 0 Å². The second-order valence-corrected chi connectivity index (χ2v) is 10.7. The van der Waals surface area contributed by atoms with E-state index in [1.807, 2.05) is 39.8 Å². The molecule has 0 radical (unpaired) electrons. The second kappa shape index (κ2) is 8.98. The topological polar surface area (TPSA) is 109 Å². The number of aromatic nitrogens is 3. The molecule has 0 fully saturated rings. The van der Waals surface area contributed by atoms with Gasteiger partial charge in [0.15, 0.2) is 0 Å². The SMILES string of the molecule is Cc1cc(C)nc(Oc2cc(C(C)(C)O)sc2-c2cn(C)c(=O)c3[nH]c(C(=O)NC(C)C)cc23)c1. The lowest BCUT2D eigenvalue weighted by Gasteiger charge is -2.13. The quantitative estimate of drug-likeness (QED) is 0.358. The highest BCUT2D eigenvalue weighted by Crippen LogP contribution is 2.45. The molecule has 9 heteroatoms. The molecule has 0 saturated carbocycles. The summed E-state index contributed by atoms with van der Waals surface area (Å²) in [6.07, 6.45) is 1.73. The lowest BCUT2D eigenvalue weighted by Crippen LogP contribution is -2.30. The van der Waals surface area contributed by atoms with Crippen molar-refractivity contribution in [2.75, 3.05) is 0 Å². The molecule has 8 nitrogen and oxygen atoms in total. The van der Waals surface area contributed by atoms with E-state index in [2.05, 4.69) is 15.3 Å². The number of aliphatic hydroxyl groups is 1. The lowest BCUT2D eigenvalue weighted by atomic mass is 10.1. The third-order valence-corrected chi connectivity index (χ3v) is 6.93. The summed E-state index contributed by atoms with van der Waals surface area (Å²) < 4.78 is 7.71. The average molecular weight is 495 g/mol. The van der Waals surface area contributed by atoms with Crippen LogP contribution in [0.1, 0.15) is 54.3 Å². The summed E-state index contributed by atoms with van der Waals surface area (Å²) in [6, 6.07) is 7.25. The maximum absolute atomic E-state index is 12.9. The van der Waals surface area contributed by atoms with Gasteiger partial charge in [-0.3, -0.25) is 9.59 Å². The molecular weight excluding hydrogens is 464 g/mol. The number of carbonyl (C=O) groups is 1. The number of ether oxygens (including phenoxy) is 1. The van der Waals surface area contributed by atoms with Crippen molar-refractivity contribution in [3.05, 3.63) is 62.6 Å². The van der Waals surface area contributed by atoms with Crippen molar-refractivity contribution in [2.45, 2.75) is 53.2 Å². The van der Waals surface area contributed by atoms with Crippen molar-refractivity contribution in [1.82, 2.24) is 19.9 Å². The van der Waals surface area contributed by atoms with Gasteiger partial charge >= 0.3 is 0 Å². The zero-order chi connectivity index (χ0) is 25.7. The van der Waals surface area contributed by atoms with Gasteiger partial charge in [0.2, 0.25) is 5.88 Å². The molecule has 4 rings (SSSR count). The number of H-pyrrole nitrogens is 1. The Bertz CT molecular complexity index is 1470. The molecule has 0 saturated heterocycles. The molecule has 3 N–H and O–H groups in total. The molecule has 0 unspecified atom stereocenters. The molecule has 4 aromatic rings. The Morgan fingerprint density at radius 2 is 1.94 bits per heavy atom. The highest BCUT2D eigenvalue weighted by molar-refractivity contribution is 7.16. The highest BCUT2D eigenvalue weighted by Gasteiger charge is 2.26. The zero-order valence-electron chi connectivity index (χ0n) is 20.9. The number of nitrogens with one attached hydrogen (secondary N) is 2. The summed E-state index contributed by atoms with van der Waals surface area (Å²) in [5.74, 6) is 0.665. The highest BCUT2D eigenvalue weighted by atomic mass is 32.1. The third kappa shape index (κ3) is 5.01. The molecule has 35 heavy (non-hydrogen) atoms. The minimum atomic E-state index is -1.10. The van der Waals surface area contributed by atoms with Crippen LogP contribution in [-0.4, -0.2) is 31.6 Å². The molecule has 0 aliphatic carbocycles. The zero-order valence-corrected chi connectivity index (χ0v) is 21.8. The number of aryl methyl sites for hydroxylation is 3. The number of pyridine rings is 2. The molecule has 0 aromatic carbocycles. The predicted octanol–water partition coefficient (Wildman–Crippen LogP) is 4.76. The van der Waals surface area contributed by atoms with Gasteiger partial charge in [-0.25, -0.2) is 4.98 Å². The summed E-state index contributed by atoms with van der Waals surface area (Å²) in [5.41, 5.74) is 1.84. The van der Waals surface area contributed by atoms with Crippen molar-refractivity contribution in [2.24, 2.45) is 7.05 Å². The second-order valence-electron chi connectivity index (χ2n) is 9.65. The molecule has 0 bridgehead atoms. The fourth-order valence-corrected chi connectivity index (χ4v) is 5.00. The van der Waals surface area contributed by atoms with Crippen molar-refractivity contribution < 1.29 is 14.6 Å². The Hall–Kier alpha value is -3.43. The monoisotopic (exact) mass is 494 g/mol. The van der Waals surface area contributed by atoms with Crippen LogP contribution in [-0.2, 0) is 12.6 Å². The third-order valence-electron chi connectivity index (χ3n) is 5.46. The number of carbonyl (C=O) groups excluding carboxylic acids is 1. The molecule has 184 valence electrons. The van der Waals surface area contributed by atoms with E-state index < -0.39 is 5.60 Å². The van der Waals surface area contributed by atoms with Crippen LogP contribution in [0.25, 0.3) is 21.3 Å². The average Bonchev–Trinajstić information content (AvgIpc) is 3.35. The number of hydrogen-bond acceptors (Lipinski definition) is 6. The largest absolute Gasteiger partial charge is 0.437 e. The number of hydrogen-bond donors (Lipinski definition) is 3. The number of aromatic amines is 1. The molecule has 4 heterocycles. The van der Waals surface area contributed by atoms with Gasteiger partial charge in [0.25, 0.3) is 11.5 Å². The normalized spacial score (nSPS) is 11.9. The predicted molar refractivity (Wildman–Crippen MR) is 138 cm³/mol. The van der Waals surface area contributed by atoms with E-state index in [-0.39, 0.29) is 17.5 Å². The van der Waals surface area contributed by atoms with Gasteiger partial charge in [-0.1, -0.05) is 0 Å². The Balaban J connectivity index is 1.93. The molecule has 0 aliphatic heterocycles. The van der Waals surface area contributed by atoms with Gasteiger partial charge < -0.3 is 24.7 Å². The van der Waals surface area contributed by atoms with Crippen molar-refractivity contribution in [1.29, 1.82) is 0 Å². The molecule has 1 amide bonds. The fraction of sp³-hybridized carbons (Fsp3) is 0.346. The van der Waals surface area contributed by atoms with Crippen LogP contribution in [0.2, 0.25) is 0 Å². The first-order valence-corrected chi connectivity index (χ1v) is 12.2. The van der Waals surface area contributed by atoms with Crippen LogP contribution in [0, 0.1) is 13.8 Å². The maximum atomic E-state index is 12.9. The van der Waals surface area contributed by atoms with E-state index >= 15 is 0 Å². The Morgan fingerprint density at radius 1 is 1.23 bits per heavy atom. The van der Waals surface area contributed by atoms with Crippen molar-refractivity contribution in [3.8, 4) is 22.1 Å². The molecular formula is C26H30N4O4S. The van der Waals surface area contributed by atoms with Crippen LogP contribution in [0.3, 0.4) is 0 Å². The number of thiophene rings is 1. The minimum Gasteiger partial charge on any atom is -0.437 e. The Kier molecular flexibility index (Phi) is 6.33. The number of rotatable bonds is 6. The summed E-state index contributed by atoms with van der Waals surface area (Å²) in [6.45, 7) is 11.0. The fourth-order valence-electron chi connectivity index (χ4n) is 3.89. The molecule has 4 aromatic heterocycles. The Labute approximate surface area is 207 Å². The molecule has 0 atom stereocenters. The van der Waals surface area contributed by atoms with Gasteiger partial charge in [-0.15, -0.1) is 11.3 Å². The summed E-state index contributed by atoms with van der Waals surface area (Å²) >= 11 is 1.37. The summed E-state index contributed by atoms with van der Waals surface area (Å²) in [7, 11) is 1.66. The van der Waals surface area contributed by atoms with Gasteiger partial charge in [0.05, 0.1) is 10.5 Å². The van der Waals surface area contributed by atoms with Gasteiger partial charge in [-0.05, 0) is 65.3 Å². The van der Waals surface area contributed by atoms with Crippen LogP contribution >= 0.6 is 11.3 Å². The summed E-state index contributed by atoms with van der Waals surface area (Å²) in [4.78, 5) is 34.5. The maximum Gasteiger partial charge on any atom is 0.274 e. The van der Waals surface area contributed by atoms with Crippen molar-refractivity contribution >= 4 is 28.1 Å². The van der Waals surface area contributed by atoms with E-state index in [1.165, 1.54) is 15.9 Å². The van der Waals surface area contributed by atoms with Crippen LogP contribution < -0.4 is 15.6 Å². The molecule has 0 aliphatic rings. The first kappa shape index (κ1) is 24.7. The summed E-state index contributed by atoms with van der Waals surface area (Å²) in [5, 5.41) is 14.2. The Morgan fingerprint density at radius 3 is 2.57 bits per heavy atom. The van der Waals surface area contributed by atoms with E-state index in [0.29, 0.717) is 38.7 Å². The lowest BCUT2D eigenvalue weighted by molar-refractivity contribution is 0.0824. The first-order valence-electron chi connectivity index (χ1n) is 11.4. The smallest absolute Gasteiger partial charge is 0.274 e. The van der Waals surface area contributed by atoms with E-state index in [4.69, 9.17) is 4.74 Å². The standard InChI is InChI=1S/C26H30N4O4S/c1-13(2)27-24(31)18-10-16-17(12-30(7)25(32)22(16)29-18)23-19(11-20(35-23)26(5,6)33)34-21-9-14(3)8-15(4)28-21/h8-13,29,33H,1-7H3,(H,27,31). The van der Waals surface area contributed by atoms with E-state index in [0.717, 1.165) is 16.1 Å². The van der Waals surface area contributed by atoms with E-state index in [1.54, 1.807) is 39.2 Å². The first-order chi connectivity index (χ1) is 16.3. The number of fused-ring (bicyclic) bond motifs is 1. The number of nitrogens with zero attached hydrogens (tertiary/aromatic N) is 2. The van der Waals surface area contributed by atoms with Gasteiger partial charge in [-0.2, -0.15) is 0 Å². The van der Waals surface area contributed by atoms with Gasteiger partial charge in [0.1, 0.15) is 17.0 Å². The minimum absolute atomic E-state index is 0.0480. The van der Waals surface area contributed by atoms with E-state index in [9.17, 15) is 14.7 Å². The van der Waals surface area contributed by atoms with Crippen molar-refractivity contribution in [3.63, 3.8) is 0 Å². The van der Waals surface area contributed by atoms with Crippen LogP contribution in [0.5, 0.6) is 11.6 Å². The number of amides is 1.